The van der Waals surface area contributed by atoms with Crippen LogP contribution in [0.2, 0.25) is 0 Å². The van der Waals surface area contributed by atoms with E-state index in [9.17, 15) is 0 Å². The molecule has 0 radical (unpaired) electrons. The van der Waals surface area contributed by atoms with Gasteiger partial charge in [0.15, 0.2) is 0 Å². The molecule has 1 nitrogen and oxygen atoms in total. The van der Waals surface area contributed by atoms with Crippen molar-refractivity contribution in [1.82, 2.24) is 4.90 Å². The highest BCUT2D eigenvalue weighted by molar-refractivity contribution is 4.53. The van der Waals surface area contributed by atoms with E-state index in [-0.39, 0.29) is 0 Å². The highest BCUT2D eigenvalue weighted by atomic mass is 15.1. The zero-order chi connectivity index (χ0) is 10.7. The van der Waals surface area contributed by atoms with Gasteiger partial charge in [-0.15, -0.1) is 0 Å². The van der Waals surface area contributed by atoms with Gasteiger partial charge in [-0.05, 0) is 32.5 Å². The van der Waals surface area contributed by atoms with Crippen molar-refractivity contribution in [2.75, 3.05) is 20.1 Å². The second-order valence-electron chi connectivity index (χ2n) is 3.91. The summed E-state index contributed by atoms with van der Waals surface area (Å²) in [6.45, 7) is 13.5. The highest BCUT2D eigenvalue weighted by Crippen LogP contribution is 2.06. The van der Waals surface area contributed by atoms with Crippen LogP contribution in [0.4, 0.5) is 0 Å². The van der Waals surface area contributed by atoms with Crippen molar-refractivity contribution in [2.24, 2.45) is 5.92 Å². The summed E-state index contributed by atoms with van der Waals surface area (Å²) in [5, 5.41) is 0. The summed E-state index contributed by atoms with van der Waals surface area (Å²) in [6, 6.07) is 0. The molecule has 0 aliphatic rings. The summed E-state index contributed by atoms with van der Waals surface area (Å²) in [4.78, 5) is 2.37. The molecule has 0 aromatic carbocycles. The summed E-state index contributed by atoms with van der Waals surface area (Å²) in [5.74, 6) is 0.897. The van der Waals surface area contributed by atoms with Crippen LogP contribution in [-0.4, -0.2) is 25.0 Å². The quantitative estimate of drug-likeness (QED) is 0.633. The largest absolute Gasteiger partial charge is 0.307 e. The van der Waals surface area contributed by atoms with Crippen LogP contribution in [0, 0.1) is 5.92 Å². The van der Waals surface area contributed by atoms with Crippen molar-refractivity contribution in [3.05, 3.63) is 0 Å². The third-order valence-electron chi connectivity index (χ3n) is 2.24. The van der Waals surface area contributed by atoms with Crippen LogP contribution in [0.3, 0.4) is 0 Å². The molecule has 1 unspecified atom stereocenters. The minimum Gasteiger partial charge on any atom is -0.307 e. The molecule has 0 spiro atoms. The maximum atomic E-state index is 2.37. The van der Waals surface area contributed by atoms with E-state index in [0.717, 1.165) is 5.92 Å². The van der Waals surface area contributed by atoms with Gasteiger partial charge >= 0.3 is 0 Å². The third kappa shape index (κ3) is 14.8. The predicted octanol–water partition coefficient (Wildman–Crippen LogP) is 3.79. The van der Waals surface area contributed by atoms with Crippen LogP contribution in [0.5, 0.6) is 0 Å². The predicted molar refractivity (Wildman–Crippen MR) is 63.2 cm³/mol. The Labute approximate surface area is 85.5 Å². The molecule has 0 aromatic heterocycles. The molecule has 1 atom stereocenters. The Hall–Kier alpha value is -0.0400. The molecule has 0 amide bonds. The van der Waals surface area contributed by atoms with Crippen molar-refractivity contribution in [3.8, 4) is 0 Å². The highest BCUT2D eigenvalue weighted by Gasteiger charge is 1.99. The third-order valence-corrected chi connectivity index (χ3v) is 2.24. The monoisotopic (exact) mass is 187 g/mol. The molecule has 0 N–H and O–H groups in total. The Kier molecular flexibility index (Phi) is 14.2. The summed E-state index contributed by atoms with van der Waals surface area (Å²) in [6.07, 6.45) is 3.92. The fourth-order valence-electron chi connectivity index (χ4n) is 0.803. The molecular formula is C12H29N. The van der Waals surface area contributed by atoms with Crippen LogP contribution in [0.15, 0.2) is 0 Å². The van der Waals surface area contributed by atoms with Crippen LogP contribution in [-0.2, 0) is 0 Å². The second kappa shape index (κ2) is 12.0. The molecule has 0 bridgehead atoms. The number of hydrogen-bond donors (Lipinski definition) is 0. The molecule has 0 saturated heterocycles. The van der Waals surface area contributed by atoms with Crippen molar-refractivity contribution in [1.29, 1.82) is 0 Å². The first-order chi connectivity index (χ1) is 6.12. The topological polar surface area (TPSA) is 3.24 Å². The Balaban J connectivity index is 0. The van der Waals surface area contributed by atoms with Crippen molar-refractivity contribution < 1.29 is 0 Å². The average Bonchev–Trinajstić information content (AvgIpc) is 2.14. The summed E-state index contributed by atoms with van der Waals surface area (Å²) < 4.78 is 0. The fourth-order valence-corrected chi connectivity index (χ4v) is 0.803. The van der Waals surface area contributed by atoms with Crippen LogP contribution >= 0.6 is 0 Å². The van der Waals surface area contributed by atoms with Gasteiger partial charge in [0.2, 0.25) is 0 Å². The maximum absolute atomic E-state index is 2.37. The van der Waals surface area contributed by atoms with Gasteiger partial charge in [-0.2, -0.15) is 0 Å². The maximum Gasteiger partial charge on any atom is -0.00194 e. The fraction of sp³-hybridized carbons (Fsp3) is 1.00. The Morgan fingerprint density at radius 2 is 1.54 bits per heavy atom. The Bertz CT molecular complexity index is 71.2. The van der Waals surface area contributed by atoms with E-state index in [0.29, 0.717) is 0 Å². The second-order valence-corrected chi connectivity index (χ2v) is 3.91. The van der Waals surface area contributed by atoms with E-state index in [1.807, 2.05) is 0 Å². The van der Waals surface area contributed by atoms with Crippen LogP contribution in [0.25, 0.3) is 0 Å². The van der Waals surface area contributed by atoms with E-state index in [1.54, 1.807) is 0 Å². The van der Waals surface area contributed by atoms with Gasteiger partial charge in [0.1, 0.15) is 0 Å². The number of rotatable bonds is 5. The molecule has 0 rings (SSSR count). The smallest absolute Gasteiger partial charge is 0.00194 e. The van der Waals surface area contributed by atoms with Crippen molar-refractivity contribution >= 4 is 0 Å². The van der Waals surface area contributed by atoms with E-state index in [1.165, 1.54) is 32.4 Å². The van der Waals surface area contributed by atoms with E-state index < -0.39 is 0 Å². The summed E-state index contributed by atoms with van der Waals surface area (Å²) in [7, 11) is 2.18. The molecule has 13 heavy (non-hydrogen) atoms. The van der Waals surface area contributed by atoms with E-state index in [4.69, 9.17) is 0 Å². The van der Waals surface area contributed by atoms with Crippen molar-refractivity contribution in [3.63, 3.8) is 0 Å². The van der Waals surface area contributed by atoms with Gasteiger partial charge in [-0.3, -0.25) is 0 Å². The Morgan fingerprint density at radius 1 is 1.08 bits per heavy atom. The lowest BCUT2D eigenvalue weighted by molar-refractivity contribution is 0.317. The Morgan fingerprint density at radius 3 is 1.85 bits per heavy atom. The van der Waals surface area contributed by atoms with Gasteiger partial charge in [0, 0.05) is 0 Å². The van der Waals surface area contributed by atoms with Gasteiger partial charge in [-0.1, -0.05) is 47.5 Å². The molecule has 82 valence electrons. The molecule has 1 heteroatoms. The lowest BCUT2D eigenvalue weighted by atomic mass is 10.1. The molecule has 0 fully saturated rings. The van der Waals surface area contributed by atoms with Gasteiger partial charge in [0.25, 0.3) is 0 Å². The molecule has 0 aliphatic heterocycles. The zero-order valence-corrected chi connectivity index (χ0v) is 10.6. The standard InChI is InChI=1S/C9H21N.C3H8/c1-5-9(3)7-8-10(4)6-2;1-3-2/h9H,5-8H2,1-4H3;3H2,1-2H3. The first-order valence-corrected chi connectivity index (χ1v) is 5.80. The lowest BCUT2D eigenvalue weighted by Gasteiger charge is -2.15. The minimum atomic E-state index is 0.897. The molecular weight excluding hydrogens is 158 g/mol. The summed E-state index contributed by atoms with van der Waals surface area (Å²) in [5.41, 5.74) is 0. The first-order valence-electron chi connectivity index (χ1n) is 5.80. The van der Waals surface area contributed by atoms with E-state index in [2.05, 4.69) is 46.6 Å². The molecule has 0 aliphatic carbocycles. The molecule has 0 aromatic rings. The van der Waals surface area contributed by atoms with E-state index >= 15 is 0 Å². The normalized spacial score (nSPS) is 12.2. The summed E-state index contributed by atoms with van der Waals surface area (Å²) >= 11 is 0. The van der Waals surface area contributed by atoms with Gasteiger partial charge < -0.3 is 4.90 Å². The number of hydrogen-bond acceptors (Lipinski definition) is 1. The SMILES string of the molecule is CCC.CCC(C)CCN(C)CC. The van der Waals surface area contributed by atoms with Gasteiger partial charge in [0.05, 0.1) is 0 Å². The molecule has 0 saturated carbocycles. The number of nitrogens with zero attached hydrogens (tertiary/aromatic N) is 1. The first kappa shape index (κ1) is 15.4. The average molecular weight is 187 g/mol. The van der Waals surface area contributed by atoms with Crippen molar-refractivity contribution in [2.45, 2.75) is 53.9 Å². The zero-order valence-electron chi connectivity index (χ0n) is 10.6. The van der Waals surface area contributed by atoms with Crippen LogP contribution in [0.1, 0.15) is 53.9 Å². The molecule has 0 heterocycles. The minimum absolute atomic E-state index is 0.897. The lowest BCUT2D eigenvalue weighted by Crippen LogP contribution is -2.20. The van der Waals surface area contributed by atoms with Crippen LogP contribution < -0.4 is 0 Å². The van der Waals surface area contributed by atoms with Gasteiger partial charge in [-0.25, -0.2) is 0 Å².